The van der Waals surface area contributed by atoms with E-state index in [0.29, 0.717) is 12.8 Å². The molecule has 0 saturated carbocycles. The molecule has 0 aromatic rings. The van der Waals surface area contributed by atoms with Gasteiger partial charge in [0.05, 0.1) is 5.16 Å². The van der Waals surface area contributed by atoms with Crippen LogP contribution in [0.5, 0.6) is 0 Å². The molecule has 3 amide bonds. The van der Waals surface area contributed by atoms with E-state index in [-0.39, 0.29) is 0 Å². The number of hydrogen-bond acceptors (Lipinski definition) is 3. The van der Waals surface area contributed by atoms with Crippen LogP contribution < -0.4 is 10.6 Å². The molecule has 8 heteroatoms. The molecule has 7 nitrogen and oxygen atoms in total. The van der Waals surface area contributed by atoms with Crippen molar-refractivity contribution < 1.29 is 23.9 Å². The Kier molecular flexibility index (Phi) is 4.14. The Morgan fingerprint density at radius 1 is 1.20 bits per heavy atom. The molecule has 0 bridgehead atoms. The SMILES string of the molecule is CCC(CC)(C1(C)NC(=O)NC1=O)C(C)(C)P(=O)(O)O. The molecule has 1 atom stereocenters. The fraction of sp³-hybridized carbons (Fsp3) is 0.833. The van der Waals surface area contributed by atoms with Gasteiger partial charge in [-0.1, -0.05) is 13.8 Å². The van der Waals surface area contributed by atoms with Gasteiger partial charge in [-0.05, 0) is 33.6 Å². The van der Waals surface area contributed by atoms with Gasteiger partial charge in [0.2, 0.25) is 0 Å². The second-order valence-corrected chi connectivity index (χ2v) is 8.13. The lowest BCUT2D eigenvalue weighted by Crippen LogP contribution is -2.65. The van der Waals surface area contributed by atoms with Gasteiger partial charge < -0.3 is 15.1 Å². The molecule has 0 aliphatic carbocycles. The van der Waals surface area contributed by atoms with Crippen LogP contribution in [-0.4, -0.2) is 32.4 Å². The standard InChI is InChI=1S/C12H23N2O5P/c1-6-12(7-2,10(3,4)20(17,18)19)11(5)8(15)13-9(16)14-11/h6-7H2,1-5H3,(H2,17,18,19)(H2,13,14,15,16). The van der Waals surface area contributed by atoms with Gasteiger partial charge in [-0.3, -0.25) is 14.7 Å². The number of amides is 3. The van der Waals surface area contributed by atoms with Crippen LogP contribution in [0.25, 0.3) is 0 Å². The van der Waals surface area contributed by atoms with Crippen LogP contribution in [0.1, 0.15) is 47.5 Å². The Balaban J connectivity index is 3.56. The Morgan fingerprint density at radius 3 is 1.90 bits per heavy atom. The fourth-order valence-corrected chi connectivity index (χ4v) is 4.69. The number of carbonyl (C=O) groups is 2. The van der Waals surface area contributed by atoms with Crippen molar-refractivity contribution in [2.75, 3.05) is 0 Å². The van der Waals surface area contributed by atoms with Crippen LogP contribution in [0.2, 0.25) is 0 Å². The highest BCUT2D eigenvalue weighted by Gasteiger charge is 2.66. The van der Waals surface area contributed by atoms with E-state index in [9.17, 15) is 23.9 Å². The molecule has 1 saturated heterocycles. The molecule has 0 aromatic carbocycles. The summed E-state index contributed by atoms with van der Waals surface area (Å²) in [6, 6.07) is -0.634. The maximum atomic E-state index is 12.2. The zero-order valence-corrected chi connectivity index (χ0v) is 13.4. The highest BCUT2D eigenvalue weighted by molar-refractivity contribution is 7.53. The Hall–Kier alpha value is -0.910. The summed E-state index contributed by atoms with van der Waals surface area (Å²) in [4.78, 5) is 43.2. The number of carbonyl (C=O) groups excluding carboxylic acids is 2. The van der Waals surface area contributed by atoms with Crippen LogP contribution in [-0.2, 0) is 9.36 Å². The normalized spacial score (nSPS) is 24.6. The van der Waals surface area contributed by atoms with Crippen LogP contribution in [0.3, 0.4) is 0 Å². The molecule has 1 aliphatic rings. The van der Waals surface area contributed by atoms with Crippen molar-refractivity contribution in [3.8, 4) is 0 Å². The van der Waals surface area contributed by atoms with Crippen molar-refractivity contribution in [2.45, 2.75) is 58.2 Å². The number of urea groups is 1. The van der Waals surface area contributed by atoms with Gasteiger partial charge in [0.15, 0.2) is 0 Å². The predicted octanol–water partition coefficient (Wildman–Crippen LogP) is 1.35. The third kappa shape index (κ3) is 2.00. The van der Waals surface area contributed by atoms with Crippen LogP contribution in [0, 0.1) is 5.41 Å². The number of rotatable bonds is 5. The summed E-state index contributed by atoms with van der Waals surface area (Å²) < 4.78 is 12.0. The molecular formula is C12H23N2O5P. The van der Waals surface area contributed by atoms with E-state index in [1.165, 1.54) is 20.8 Å². The first-order chi connectivity index (χ1) is 8.89. The van der Waals surface area contributed by atoms with Crippen molar-refractivity contribution in [3.05, 3.63) is 0 Å². The van der Waals surface area contributed by atoms with Gasteiger partial charge in [0.1, 0.15) is 5.54 Å². The van der Waals surface area contributed by atoms with E-state index >= 15 is 0 Å². The van der Waals surface area contributed by atoms with Gasteiger partial charge in [0, 0.05) is 5.41 Å². The molecule has 0 aromatic heterocycles. The molecule has 116 valence electrons. The largest absolute Gasteiger partial charge is 0.331 e. The van der Waals surface area contributed by atoms with Gasteiger partial charge in [-0.15, -0.1) is 0 Å². The summed E-state index contributed by atoms with van der Waals surface area (Å²) in [6.45, 7) is 7.96. The Morgan fingerprint density at radius 2 is 1.65 bits per heavy atom. The lowest BCUT2D eigenvalue weighted by Gasteiger charge is -2.53. The molecule has 1 fully saturated rings. The second kappa shape index (κ2) is 4.83. The molecule has 0 spiro atoms. The van der Waals surface area contributed by atoms with Crippen LogP contribution in [0.15, 0.2) is 0 Å². The van der Waals surface area contributed by atoms with Crippen molar-refractivity contribution in [3.63, 3.8) is 0 Å². The first kappa shape index (κ1) is 17.1. The lowest BCUT2D eigenvalue weighted by molar-refractivity contribution is -0.130. The van der Waals surface area contributed by atoms with Crippen molar-refractivity contribution in [1.29, 1.82) is 0 Å². The molecule has 1 heterocycles. The summed E-state index contributed by atoms with van der Waals surface area (Å²) in [7, 11) is -4.50. The quantitative estimate of drug-likeness (QED) is 0.452. The smallest absolute Gasteiger partial charge is 0.324 e. The molecule has 1 aliphatic heterocycles. The maximum absolute atomic E-state index is 12.2. The van der Waals surface area contributed by atoms with Gasteiger partial charge in [-0.2, -0.15) is 0 Å². The zero-order valence-electron chi connectivity index (χ0n) is 12.5. The highest BCUT2D eigenvalue weighted by atomic mass is 31.2. The van der Waals surface area contributed by atoms with Crippen LogP contribution in [0.4, 0.5) is 4.79 Å². The Bertz CT molecular complexity index is 480. The fourth-order valence-electron chi connectivity index (χ4n) is 3.59. The lowest BCUT2D eigenvalue weighted by atomic mass is 9.59. The van der Waals surface area contributed by atoms with E-state index in [4.69, 9.17) is 0 Å². The summed E-state index contributed by atoms with van der Waals surface area (Å²) in [5, 5.41) is 3.26. The van der Waals surface area contributed by atoms with E-state index in [2.05, 4.69) is 10.6 Å². The molecular weight excluding hydrogens is 283 g/mol. The third-order valence-electron chi connectivity index (χ3n) is 5.11. The molecule has 4 N–H and O–H groups in total. The first-order valence-electron chi connectivity index (χ1n) is 6.59. The number of imide groups is 1. The predicted molar refractivity (Wildman–Crippen MR) is 74.2 cm³/mol. The summed E-state index contributed by atoms with van der Waals surface area (Å²) in [6.07, 6.45) is 0.678. The minimum atomic E-state index is -4.50. The third-order valence-corrected chi connectivity index (χ3v) is 6.99. The average molecular weight is 306 g/mol. The van der Waals surface area contributed by atoms with Gasteiger partial charge in [-0.25, -0.2) is 4.79 Å². The topological polar surface area (TPSA) is 116 Å². The van der Waals surface area contributed by atoms with Gasteiger partial charge >= 0.3 is 13.6 Å². The summed E-state index contributed by atoms with van der Waals surface area (Å²) in [5.41, 5.74) is -2.44. The molecule has 1 unspecified atom stereocenters. The van der Waals surface area contributed by atoms with Crippen molar-refractivity contribution >= 4 is 19.5 Å². The molecule has 0 radical (unpaired) electrons. The van der Waals surface area contributed by atoms with E-state index in [0.717, 1.165) is 0 Å². The average Bonchev–Trinajstić information content (AvgIpc) is 2.53. The highest BCUT2D eigenvalue weighted by Crippen LogP contribution is 2.64. The van der Waals surface area contributed by atoms with E-state index in [1.54, 1.807) is 13.8 Å². The minimum absolute atomic E-state index is 0.339. The summed E-state index contributed by atoms with van der Waals surface area (Å²) in [5.74, 6) is -0.548. The minimum Gasteiger partial charge on any atom is -0.324 e. The van der Waals surface area contributed by atoms with E-state index in [1.807, 2.05) is 0 Å². The second-order valence-electron chi connectivity index (χ2n) is 5.93. The molecule has 20 heavy (non-hydrogen) atoms. The number of nitrogens with one attached hydrogen (secondary N) is 2. The zero-order chi connectivity index (χ0) is 16.0. The van der Waals surface area contributed by atoms with Crippen LogP contribution >= 0.6 is 7.60 Å². The van der Waals surface area contributed by atoms with Crippen molar-refractivity contribution in [2.24, 2.45) is 5.41 Å². The first-order valence-corrected chi connectivity index (χ1v) is 8.20. The maximum Gasteiger partial charge on any atom is 0.331 e. The van der Waals surface area contributed by atoms with E-state index < -0.39 is 35.6 Å². The summed E-state index contributed by atoms with van der Waals surface area (Å²) >= 11 is 0. The van der Waals surface area contributed by atoms with Gasteiger partial charge in [0.25, 0.3) is 5.91 Å². The number of hydrogen-bond donors (Lipinski definition) is 4. The van der Waals surface area contributed by atoms with Crippen molar-refractivity contribution in [1.82, 2.24) is 10.6 Å². The Labute approximate surface area is 118 Å². The molecule has 1 rings (SSSR count). The monoisotopic (exact) mass is 306 g/mol.